The number of hydrogen-bond acceptors (Lipinski definition) is 3. The van der Waals surface area contributed by atoms with Gasteiger partial charge in [-0.2, -0.15) is 10.5 Å². The molecular formula is C21H18ClN3. The molecule has 2 aliphatic carbocycles. The maximum atomic E-state index is 9.51. The third kappa shape index (κ3) is 3.25. The monoisotopic (exact) mass is 347 g/mol. The smallest absolute Gasteiger partial charge is 0.0975 e. The maximum absolute atomic E-state index is 9.51. The first-order chi connectivity index (χ1) is 12.0. The second-order valence-corrected chi connectivity index (χ2v) is 6.73. The molecule has 2 atom stereocenters. The molecule has 1 heterocycles. The number of hydrogen-bond donors (Lipinski definition) is 1. The lowest BCUT2D eigenvalue weighted by atomic mass is 9.82. The molecule has 3 nitrogen and oxygen atoms in total. The number of nitrogens with zero attached hydrogens (tertiary/aromatic N) is 2. The van der Waals surface area contributed by atoms with E-state index in [0.29, 0.717) is 28.0 Å². The second kappa shape index (κ2) is 7.01. The summed E-state index contributed by atoms with van der Waals surface area (Å²) >= 11 is 6.58. The van der Waals surface area contributed by atoms with Gasteiger partial charge in [-0.3, -0.25) is 0 Å². The zero-order chi connectivity index (χ0) is 18.0. The summed E-state index contributed by atoms with van der Waals surface area (Å²) in [7, 11) is 0. The molecule has 25 heavy (non-hydrogen) atoms. The Bertz CT molecular complexity index is 858. The highest BCUT2D eigenvalue weighted by atomic mass is 35.5. The molecule has 3 rings (SSSR count). The largest absolute Gasteiger partial charge is 0.361 e. The topological polar surface area (TPSA) is 59.6 Å². The van der Waals surface area contributed by atoms with E-state index in [2.05, 4.69) is 47.8 Å². The van der Waals surface area contributed by atoms with E-state index >= 15 is 0 Å². The van der Waals surface area contributed by atoms with Crippen LogP contribution in [0, 0.1) is 40.4 Å². The van der Waals surface area contributed by atoms with Crippen molar-refractivity contribution in [3.63, 3.8) is 0 Å². The van der Waals surface area contributed by atoms with E-state index in [1.165, 1.54) is 0 Å². The molecule has 0 saturated heterocycles. The van der Waals surface area contributed by atoms with Crippen LogP contribution in [0.4, 0.5) is 0 Å². The van der Waals surface area contributed by atoms with E-state index in [1.807, 2.05) is 32.1 Å². The summed E-state index contributed by atoms with van der Waals surface area (Å²) in [5, 5.41) is 22.7. The van der Waals surface area contributed by atoms with Crippen molar-refractivity contribution in [3.05, 3.63) is 81.8 Å². The lowest BCUT2D eigenvalue weighted by molar-refractivity contribution is 0.656. The molecule has 0 aromatic heterocycles. The fraction of sp³-hybridized carbons (Fsp3) is 0.238. The van der Waals surface area contributed by atoms with Gasteiger partial charge < -0.3 is 5.32 Å². The number of nitrogens with one attached hydrogen (secondary N) is 1. The van der Waals surface area contributed by atoms with Gasteiger partial charge in [-0.15, -0.1) is 0 Å². The first-order valence-corrected chi connectivity index (χ1v) is 8.54. The third-order valence-corrected chi connectivity index (χ3v) is 5.07. The first-order valence-electron chi connectivity index (χ1n) is 8.16. The van der Waals surface area contributed by atoms with Crippen LogP contribution in [0.15, 0.2) is 81.8 Å². The van der Waals surface area contributed by atoms with Crippen molar-refractivity contribution in [3.8, 4) is 12.1 Å². The quantitative estimate of drug-likeness (QED) is 0.782. The summed E-state index contributed by atoms with van der Waals surface area (Å²) in [6.45, 7) is 3.68. The first kappa shape index (κ1) is 17.1. The molecule has 4 heteroatoms. The van der Waals surface area contributed by atoms with Crippen LogP contribution >= 0.6 is 11.6 Å². The highest BCUT2D eigenvalue weighted by Crippen LogP contribution is 2.35. The Hall–Kier alpha value is -2.75. The van der Waals surface area contributed by atoms with Crippen molar-refractivity contribution in [2.24, 2.45) is 17.8 Å². The molecule has 0 spiro atoms. The third-order valence-electron chi connectivity index (χ3n) is 4.73. The number of rotatable bonds is 2. The predicted molar refractivity (Wildman–Crippen MR) is 99.7 cm³/mol. The minimum absolute atomic E-state index is 0.292. The van der Waals surface area contributed by atoms with Crippen molar-refractivity contribution in [1.29, 1.82) is 10.5 Å². The molecule has 3 aliphatic rings. The van der Waals surface area contributed by atoms with Crippen LogP contribution < -0.4 is 5.32 Å². The zero-order valence-corrected chi connectivity index (χ0v) is 14.9. The minimum atomic E-state index is -0.419. The normalized spacial score (nSPS) is 26.0. The Balaban J connectivity index is 1.97. The Labute approximate surface area is 153 Å². The molecule has 124 valence electrons. The molecule has 2 unspecified atom stereocenters. The lowest BCUT2D eigenvalue weighted by Gasteiger charge is -2.25. The van der Waals surface area contributed by atoms with Crippen LogP contribution in [-0.4, -0.2) is 0 Å². The van der Waals surface area contributed by atoms with Crippen molar-refractivity contribution in [2.75, 3.05) is 0 Å². The van der Waals surface area contributed by atoms with Gasteiger partial charge in [0.2, 0.25) is 0 Å². The van der Waals surface area contributed by atoms with E-state index in [4.69, 9.17) is 11.6 Å². The van der Waals surface area contributed by atoms with E-state index < -0.39 is 5.92 Å². The average Bonchev–Trinajstić information content (AvgIpc) is 2.61. The van der Waals surface area contributed by atoms with Crippen molar-refractivity contribution < 1.29 is 0 Å². The van der Waals surface area contributed by atoms with Gasteiger partial charge in [-0.05, 0) is 19.4 Å². The van der Waals surface area contributed by atoms with Gasteiger partial charge in [-0.25, -0.2) is 0 Å². The number of halogens is 1. The zero-order valence-electron chi connectivity index (χ0n) is 14.1. The van der Waals surface area contributed by atoms with Crippen LogP contribution in [0.3, 0.4) is 0 Å². The van der Waals surface area contributed by atoms with E-state index in [0.717, 1.165) is 17.0 Å². The average molecular weight is 348 g/mol. The Morgan fingerprint density at radius 1 is 1.04 bits per heavy atom. The Morgan fingerprint density at radius 3 is 2.24 bits per heavy atom. The molecule has 0 amide bonds. The number of nitriles is 2. The SMILES string of the molecule is CC1=C(C#N)C(/C=C(\Cl)C2=CC3C=CC=CC3C=C2)C(C#N)=C(C)N1. The Kier molecular flexibility index (Phi) is 4.79. The molecule has 0 saturated carbocycles. The number of dihydropyridines is 1. The van der Waals surface area contributed by atoms with Crippen molar-refractivity contribution in [2.45, 2.75) is 13.8 Å². The molecule has 0 aromatic carbocycles. The van der Waals surface area contributed by atoms with Gasteiger partial charge in [0.1, 0.15) is 0 Å². The fourth-order valence-electron chi connectivity index (χ4n) is 3.38. The standard InChI is InChI=1S/C21H18ClN3/c1-13-19(11-23)18(20(12-24)14(2)25-13)10-21(22)17-8-7-15-5-3-4-6-16(15)9-17/h3-10,15-16,18,25H,1-2H3/b21-10-. The van der Waals surface area contributed by atoms with Gasteiger partial charge in [0.25, 0.3) is 0 Å². The van der Waals surface area contributed by atoms with Crippen LogP contribution in [0.1, 0.15) is 13.8 Å². The summed E-state index contributed by atoms with van der Waals surface area (Å²) in [5.41, 5.74) is 3.50. The molecule has 0 bridgehead atoms. The van der Waals surface area contributed by atoms with Gasteiger partial charge in [0.15, 0.2) is 0 Å². The minimum Gasteiger partial charge on any atom is -0.361 e. The van der Waals surface area contributed by atoms with E-state index in [-0.39, 0.29) is 0 Å². The highest BCUT2D eigenvalue weighted by molar-refractivity contribution is 6.32. The van der Waals surface area contributed by atoms with Crippen LogP contribution in [-0.2, 0) is 0 Å². The van der Waals surface area contributed by atoms with E-state index in [1.54, 1.807) is 0 Å². The molecular weight excluding hydrogens is 330 g/mol. The Morgan fingerprint density at radius 2 is 1.64 bits per heavy atom. The van der Waals surface area contributed by atoms with Crippen LogP contribution in [0.5, 0.6) is 0 Å². The van der Waals surface area contributed by atoms with Gasteiger partial charge in [-0.1, -0.05) is 60.2 Å². The lowest BCUT2D eigenvalue weighted by Crippen LogP contribution is -2.23. The fourth-order valence-corrected chi connectivity index (χ4v) is 3.63. The van der Waals surface area contributed by atoms with Gasteiger partial charge in [0, 0.05) is 28.3 Å². The van der Waals surface area contributed by atoms with Crippen molar-refractivity contribution >= 4 is 11.6 Å². The summed E-state index contributed by atoms with van der Waals surface area (Å²) in [5.74, 6) is 0.240. The van der Waals surface area contributed by atoms with Gasteiger partial charge in [0.05, 0.1) is 29.2 Å². The van der Waals surface area contributed by atoms with Crippen LogP contribution in [0.25, 0.3) is 0 Å². The molecule has 0 fully saturated rings. The summed E-state index contributed by atoms with van der Waals surface area (Å²) in [4.78, 5) is 0. The summed E-state index contributed by atoms with van der Waals surface area (Å²) in [6.07, 6.45) is 16.5. The predicted octanol–water partition coefficient (Wildman–Crippen LogP) is 4.78. The molecule has 1 N–H and O–H groups in total. The number of fused-ring (bicyclic) bond motifs is 1. The second-order valence-electron chi connectivity index (χ2n) is 6.32. The molecule has 1 aliphatic heterocycles. The molecule has 0 aromatic rings. The van der Waals surface area contributed by atoms with Gasteiger partial charge >= 0.3 is 0 Å². The number of allylic oxidation sites excluding steroid dienone is 14. The highest BCUT2D eigenvalue weighted by Gasteiger charge is 2.27. The van der Waals surface area contributed by atoms with Crippen molar-refractivity contribution in [1.82, 2.24) is 5.32 Å². The summed E-state index contributed by atoms with van der Waals surface area (Å²) < 4.78 is 0. The maximum Gasteiger partial charge on any atom is 0.0975 e. The molecule has 0 radical (unpaired) electrons. The van der Waals surface area contributed by atoms with E-state index in [9.17, 15) is 10.5 Å². The van der Waals surface area contributed by atoms with Crippen LogP contribution in [0.2, 0.25) is 0 Å². The summed E-state index contributed by atoms with van der Waals surface area (Å²) in [6, 6.07) is 4.43.